The van der Waals surface area contributed by atoms with Gasteiger partial charge in [0.15, 0.2) is 11.5 Å². The fourth-order valence-corrected chi connectivity index (χ4v) is 5.44. The summed E-state index contributed by atoms with van der Waals surface area (Å²) in [7, 11) is -1.23. The van der Waals surface area contributed by atoms with E-state index in [4.69, 9.17) is 9.47 Å². The molecule has 0 aliphatic carbocycles. The van der Waals surface area contributed by atoms with Gasteiger partial charge >= 0.3 is 0 Å². The Hall–Kier alpha value is -5.16. The Labute approximate surface area is 244 Å². The van der Waals surface area contributed by atoms with Crippen LogP contribution < -0.4 is 24.5 Å². The molecule has 2 N–H and O–H groups in total. The highest BCUT2D eigenvalue weighted by atomic mass is 32.2. The van der Waals surface area contributed by atoms with E-state index in [-0.39, 0.29) is 16.5 Å². The maximum atomic E-state index is 13.6. The molecule has 11 heteroatoms. The van der Waals surface area contributed by atoms with Gasteiger partial charge in [0.2, 0.25) is 0 Å². The number of hydrogen-bond acceptors (Lipinski definition) is 7. The Balaban J connectivity index is 1.54. The lowest BCUT2D eigenvalue weighted by Gasteiger charge is -2.24. The average Bonchev–Trinajstić information content (AvgIpc) is 3.03. The molecule has 0 unspecified atom stereocenters. The number of sulfonamides is 1. The summed E-state index contributed by atoms with van der Waals surface area (Å²) in [6, 6.07) is 28.2. The first-order valence-electron chi connectivity index (χ1n) is 12.8. The van der Waals surface area contributed by atoms with Crippen molar-refractivity contribution in [2.24, 2.45) is 5.10 Å². The normalized spacial score (nSPS) is 11.4. The topological polar surface area (TPSA) is 126 Å². The van der Waals surface area contributed by atoms with Crippen molar-refractivity contribution in [2.75, 3.05) is 30.4 Å². The molecule has 0 spiro atoms. The van der Waals surface area contributed by atoms with Gasteiger partial charge < -0.3 is 14.8 Å². The van der Waals surface area contributed by atoms with Crippen LogP contribution in [0.5, 0.6) is 11.5 Å². The molecular weight excluding hydrogens is 556 g/mol. The minimum atomic E-state index is -4.14. The lowest BCUT2D eigenvalue weighted by molar-refractivity contribution is -0.119. The summed E-state index contributed by atoms with van der Waals surface area (Å²) in [5.41, 5.74) is 4.81. The number of benzene rings is 4. The van der Waals surface area contributed by atoms with E-state index in [1.165, 1.54) is 38.5 Å². The number of anilines is 2. The van der Waals surface area contributed by atoms with Gasteiger partial charge in [-0.15, -0.1) is 0 Å². The van der Waals surface area contributed by atoms with Crippen molar-refractivity contribution in [3.63, 3.8) is 0 Å². The quantitative estimate of drug-likeness (QED) is 0.194. The number of nitrogens with one attached hydrogen (secondary N) is 2. The highest BCUT2D eigenvalue weighted by molar-refractivity contribution is 7.92. The monoisotopic (exact) mass is 586 g/mol. The van der Waals surface area contributed by atoms with E-state index >= 15 is 0 Å². The zero-order valence-corrected chi connectivity index (χ0v) is 24.1. The number of hydrogen-bond donors (Lipinski definition) is 2. The maximum Gasteiger partial charge on any atom is 0.264 e. The van der Waals surface area contributed by atoms with Crippen molar-refractivity contribution in [3.05, 3.63) is 114 Å². The van der Waals surface area contributed by atoms with Gasteiger partial charge in [-0.05, 0) is 61.0 Å². The van der Waals surface area contributed by atoms with Crippen molar-refractivity contribution in [3.8, 4) is 11.5 Å². The molecule has 0 heterocycles. The second-order valence-electron chi connectivity index (χ2n) is 9.00. The molecule has 0 fully saturated rings. The summed E-state index contributed by atoms with van der Waals surface area (Å²) in [4.78, 5) is 25.6. The molecule has 10 nitrogen and oxygen atoms in total. The largest absolute Gasteiger partial charge is 0.493 e. The fraction of sp³-hybridized carbons (Fsp3) is 0.129. The lowest BCUT2D eigenvalue weighted by atomic mass is 10.1. The first-order valence-corrected chi connectivity index (χ1v) is 14.3. The second kappa shape index (κ2) is 13.5. The van der Waals surface area contributed by atoms with Crippen LogP contribution in [0.15, 0.2) is 113 Å². The third-order valence-corrected chi connectivity index (χ3v) is 7.98. The molecule has 0 bridgehead atoms. The van der Waals surface area contributed by atoms with Crippen LogP contribution in [-0.4, -0.2) is 46.7 Å². The summed E-state index contributed by atoms with van der Waals surface area (Å²) < 4.78 is 38.8. The molecule has 0 radical (unpaired) electrons. The Bertz CT molecular complexity index is 1690. The molecule has 4 aromatic carbocycles. The van der Waals surface area contributed by atoms with Crippen LogP contribution in [0, 0.1) is 0 Å². The summed E-state index contributed by atoms with van der Waals surface area (Å²) in [6.07, 6.45) is 0. The summed E-state index contributed by atoms with van der Waals surface area (Å²) in [5.74, 6) is -0.218. The van der Waals surface area contributed by atoms with E-state index in [1.807, 2.05) is 6.07 Å². The molecule has 0 saturated heterocycles. The van der Waals surface area contributed by atoms with Gasteiger partial charge in [-0.3, -0.25) is 13.9 Å². The molecule has 4 aromatic rings. The van der Waals surface area contributed by atoms with Crippen molar-refractivity contribution in [2.45, 2.75) is 11.8 Å². The van der Waals surface area contributed by atoms with Gasteiger partial charge in [0.25, 0.3) is 21.8 Å². The van der Waals surface area contributed by atoms with E-state index in [0.29, 0.717) is 34.0 Å². The standard InChI is InChI=1S/C31H30N4O6S/c1-22(24-13-10-14-25(19-24)32-31(37)23-11-6-4-7-12-23)33-34-30(36)21-35(42(38,39)27-15-8-5-9-16-27)26-17-18-28(40-2)29(20-26)41-3/h4-20H,21H2,1-3H3,(H,32,37)(H,34,36)/b33-22-. The van der Waals surface area contributed by atoms with Crippen molar-refractivity contribution in [1.82, 2.24) is 5.43 Å². The molecule has 0 aliphatic rings. The molecule has 0 saturated carbocycles. The Kier molecular flexibility index (Phi) is 9.56. The number of carbonyl (C=O) groups excluding carboxylic acids is 2. The van der Waals surface area contributed by atoms with E-state index < -0.39 is 22.5 Å². The van der Waals surface area contributed by atoms with Crippen molar-refractivity contribution < 1.29 is 27.5 Å². The number of ether oxygens (including phenoxy) is 2. The zero-order valence-electron chi connectivity index (χ0n) is 23.3. The predicted molar refractivity (Wildman–Crippen MR) is 162 cm³/mol. The molecule has 2 amide bonds. The zero-order chi connectivity index (χ0) is 30.1. The van der Waals surface area contributed by atoms with Crippen LogP contribution in [0.4, 0.5) is 11.4 Å². The first kappa shape index (κ1) is 29.8. The van der Waals surface area contributed by atoms with E-state index in [0.717, 1.165) is 4.31 Å². The summed E-state index contributed by atoms with van der Waals surface area (Å²) in [6.45, 7) is 1.13. The van der Waals surface area contributed by atoms with E-state index in [2.05, 4.69) is 15.8 Å². The molecule has 0 aliphatic heterocycles. The highest BCUT2D eigenvalue weighted by Gasteiger charge is 2.28. The smallest absolute Gasteiger partial charge is 0.264 e. The molecule has 42 heavy (non-hydrogen) atoms. The first-order chi connectivity index (χ1) is 20.2. The van der Waals surface area contributed by atoms with Crippen LogP contribution in [0.3, 0.4) is 0 Å². The van der Waals surface area contributed by atoms with Gasteiger partial charge in [0, 0.05) is 17.3 Å². The molecule has 0 atom stereocenters. The van der Waals surface area contributed by atoms with Crippen LogP contribution in [-0.2, 0) is 14.8 Å². The Morgan fingerprint density at radius 2 is 1.43 bits per heavy atom. The SMILES string of the molecule is COc1ccc(N(CC(=O)N/N=C(/C)c2cccc(NC(=O)c3ccccc3)c2)S(=O)(=O)c2ccccc2)cc1OC. The predicted octanol–water partition coefficient (Wildman–Crippen LogP) is 4.69. The van der Waals surface area contributed by atoms with Crippen LogP contribution in [0.1, 0.15) is 22.8 Å². The number of nitrogens with zero attached hydrogens (tertiary/aromatic N) is 2. The van der Waals surface area contributed by atoms with Crippen molar-refractivity contribution in [1.29, 1.82) is 0 Å². The molecule has 4 rings (SSSR count). The minimum absolute atomic E-state index is 0.0154. The molecular formula is C31H30N4O6S. The number of hydrazone groups is 1. The van der Waals surface area contributed by atoms with Gasteiger partial charge in [-0.2, -0.15) is 5.10 Å². The van der Waals surface area contributed by atoms with Gasteiger partial charge in [0.1, 0.15) is 6.54 Å². The van der Waals surface area contributed by atoms with Crippen LogP contribution >= 0.6 is 0 Å². The number of carbonyl (C=O) groups is 2. The van der Waals surface area contributed by atoms with Crippen LogP contribution in [0.2, 0.25) is 0 Å². The lowest BCUT2D eigenvalue weighted by Crippen LogP contribution is -2.39. The van der Waals surface area contributed by atoms with E-state index in [1.54, 1.807) is 79.7 Å². The highest BCUT2D eigenvalue weighted by Crippen LogP contribution is 2.33. The average molecular weight is 587 g/mol. The summed E-state index contributed by atoms with van der Waals surface area (Å²) in [5, 5.41) is 7.01. The van der Waals surface area contributed by atoms with Crippen LogP contribution in [0.25, 0.3) is 0 Å². The minimum Gasteiger partial charge on any atom is -0.493 e. The summed E-state index contributed by atoms with van der Waals surface area (Å²) >= 11 is 0. The van der Waals surface area contributed by atoms with Crippen molar-refractivity contribution >= 4 is 38.9 Å². The fourth-order valence-electron chi connectivity index (χ4n) is 4.01. The third kappa shape index (κ3) is 7.12. The molecule has 0 aromatic heterocycles. The van der Waals surface area contributed by atoms with Gasteiger partial charge in [-0.1, -0.05) is 48.5 Å². The number of rotatable bonds is 11. The number of methoxy groups -OCH3 is 2. The number of amides is 2. The molecule has 216 valence electrons. The Morgan fingerprint density at radius 3 is 2.10 bits per heavy atom. The maximum absolute atomic E-state index is 13.6. The van der Waals surface area contributed by atoms with Gasteiger partial charge in [0.05, 0.1) is 30.5 Å². The van der Waals surface area contributed by atoms with Gasteiger partial charge in [-0.25, -0.2) is 13.8 Å². The Morgan fingerprint density at radius 1 is 0.786 bits per heavy atom. The van der Waals surface area contributed by atoms with E-state index in [9.17, 15) is 18.0 Å². The third-order valence-electron chi connectivity index (χ3n) is 6.20. The second-order valence-corrected chi connectivity index (χ2v) is 10.9.